The van der Waals surface area contributed by atoms with Crippen molar-refractivity contribution in [1.29, 1.82) is 5.26 Å². The minimum absolute atomic E-state index is 0. The molecule has 12 rings (SSSR count). The van der Waals surface area contributed by atoms with Gasteiger partial charge in [0.05, 0.1) is 148 Å². The van der Waals surface area contributed by atoms with Crippen molar-refractivity contribution in [2.24, 2.45) is 0 Å². The first-order chi connectivity index (χ1) is 57.9. The van der Waals surface area contributed by atoms with Crippen molar-refractivity contribution >= 4 is 103 Å². The summed E-state index contributed by atoms with van der Waals surface area (Å²) < 4.78 is 168. The molecule has 0 saturated heterocycles. The molecule has 0 fully saturated rings. The van der Waals surface area contributed by atoms with Crippen LogP contribution in [0, 0.1) is 28.0 Å². The molecular formula is C86H88ClMn4NO32P6-8. The molecular weight excluding hydrogens is 2000 g/mol. The molecule has 702 valence electrons. The molecule has 11 aromatic rings. The number of benzene rings is 11. The van der Waals surface area contributed by atoms with Crippen molar-refractivity contribution in [3.63, 3.8) is 0 Å². The predicted octanol–water partition coefficient (Wildman–Crippen LogP) is 3.73. The van der Waals surface area contributed by atoms with Gasteiger partial charge in [0, 0.05) is 111 Å². The summed E-state index contributed by atoms with van der Waals surface area (Å²) in [6.07, 6.45) is 5.36. The molecule has 11 aromatic carbocycles. The molecule has 0 N–H and O–H groups in total. The Morgan fingerprint density at radius 1 is 0.254 bits per heavy atom. The van der Waals surface area contributed by atoms with Crippen LogP contribution in [0.25, 0.3) is 0 Å². The van der Waals surface area contributed by atoms with Crippen LogP contribution < -0.4 is 158 Å². The van der Waals surface area contributed by atoms with Crippen molar-refractivity contribution in [3.8, 4) is 69.3 Å². The maximum Gasteiger partial charge on any atom is 3.00 e. The molecule has 0 saturated carbocycles. The summed E-state index contributed by atoms with van der Waals surface area (Å²) in [4.78, 5) is 74.3. The molecule has 2 radical (unpaired) electrons. The van der Waals surface area contributed by atoms with E-state index in [-0.39, 0.29) is 143 Å². The summed E-state index contributed by atoms with van der Waals surface area (Å²) >= 11 is 0. The van der Waals surface area contributed by atoms with Crippen molar-refractivity contribution in [2.75, 3.05) is 85.3 Å². The average molecular weight is 2090 g/mol. The number of ether oxygens (including phenoxy) is 12. The SMILES string of the molecule is CC#N.COC1=CC=C(P(=O)([O-])c2ccc(OC)cc2)C[CH+]1.COc1ccc(P(=O)([O-])c2ccc(OC)cc2)cc1.COc1ccc(P(=O)([O-])c2ccc(OC)cc2)cc1.COc1ccc(P(=O)([O-])c2ccc(OC)cc2)cc1.COc1ccc(P(=O)([O-])c2ccc(OC)cc2)cc1.COc1ccc(P(=O)([O-])c2ccc(OC)cc2)cc1.[Mn+3].[Mn+3].[Mn].[Mn].[O-2].[O-2].[O-2].[O-2].[O-][Cl+3]([O-])([O-])[O-]. The Balaban J connectivity index is -0.000000711. The quantitative estimate of drug-likeness (QED) is 0.0472. The minimum Gasteiger partial charge on any atom is -2.00 e. The van der Waals surface area contributed by atoms with Gasteiger partial charge in [-0.1, -0.05) is 0 Å². The molecule has 130 heavy (non-hydrogen) atoms. The van der Waals surface area contributed by atoms with Crippen LogP contribution in [0.15, 0.2) is 290 Å². The van der Waals surface area contributed by atoms with Gasteiger partial charge in [-0.15, -0.1) is 10.2 Å². The maximum absolute atomic E-state index is 12.4. The van der Waals surface area contributed by atoms with Crippen molar-refractivity contribution in [2.45, 2.75) is 13.3 Å². The van der Waals surface area contributed by atoms with Crippen LogP contribution in [0.3, 0.4) is 0 Å². The second-order valence-electron chi connectivity index (χ2n) is 24.4. The zero-order chi connectivity index (χ0) is 90.5. The summed E-state index contributed by atoms with van der Waals surface area (Å²) in [7, 11) is -9.33. The van der Waals surface area contributed by atoms with E-state index in [1.54, 1.807) is 184 Å². The summed E-state index contributed by atoms with van der Waals surface area (Å²) in [5.74, 6) is 7.55. The van der Waals surface area contributed by atoms with Crippen LogP contribution >= 0.6 is 44.2 Å². The molecule has 33 nitrogen and oxygen atoms in total. The van der Waals surface area contributed by atoms with Crippen LogP contribution in [-0.4, -0.2) is 85.3 Å². The molecule has 0 heterocycles. The molecule has 44 heteroatoms. The van der Waals surface area contributed by atoms with Crippen LogP contribution in [0.2, 0.25) is 0 Å². The number of methoxy groups -OCH3 is 12. The molecule has 1 atom stereocenters. The van der Waals surface area contributed by atoms with E-state index in [4.69, 9.17) is 80.7 Å². The van der Waals surface area contributed by atoms with Gasteiger partial charge in [-0.2, -0.15) is 5.26 Å². The Morgan fingerprint density at radius 3 is 0.446 bits per heavy atom. The van der Waals surface area contributed by atoms with Gasteiger partial charge in [0.2, 0.25) is 0 Å². The van der Waals surface area contributed by atoms with E-state index in [2.05, 4.69) is 0 Å². The summed E-state index contributed by atoms with van der Waals surface area (Å²) in [6, 6.07) is 71.5. The van der Waals surface area contributed by atoms with Crippen molar-refractivity contribution in [3.05, 3.63) is 297 Å². The number of allylic oxidation sites excluding steroid dienone is 4. The Bertz CT molecular complexity index is 4580. The summed E-state index contributed by atoms with van der Waals surface area (Å²) in [5.41, 5.74) is 0. The maximum atomic E-state index is 12.4. The Hall–Kier alpha value is -8.95. The third-order valence-corrected chi connectivity index (χ3v) is 28.9. The van der Waals surface area contributed by atoms with Gasteiger partial charge in [-0.25, -0.2) is 18.6 Å². The minimum atomic E-state index is -4.94. The number of hydrogen-bond acceptors (Lipinski definition) is 29. The fourth-order valence-electron chi connectivity index (χ4n) is 10.4. The van der Waals surface area contributed by atoms with E-state index in [0.29, 0.717) is 86.0 Å². The smallest absolute Gasteiger partial charge is 2.00 e. The molecule has 0 spiro atoms. The van der Waals surface area contributed by atoms with Crippen LogP contribution in [-0.2, 0) is 122 Å². The molecule has 1 aliphatic carbocycles. The average Bonchev–Trinajstić information content (AvgIpc) is 0.833. The first-order valence-electron chi connectivity index (χ1n) is 35.6. The first-order valence-corrected chi connectivity index (χ1v) is 46.5. The van der Waals surface area contributed by atoms with Gasteiger partial charge >= 0.3 is 34.1 Å². The fraction of sp³-hybridized carbons (Fsp3) is 0.163. The van der Waals surface area contributed by atoms with Gasteiger partial charge in [-0.05, 0) is 267 Å². The third-order valence-electron chi connectivity index (χ3n) is 17.1. The van der Waals surface area contributed by atoms with Gasteiger partial charge in [-0.3, -0.25) is 0 Å². The molecule has 0 aromatic heterocycles. The second-order valence-corrected chi connectivity index (χ2v) is 38.1. The van der Waals surface area contributed by atoms with Gasteiger partial charge < -0.3 is 135 Å². The molecule has 0 bridgehead atoms. The van der Waals surface area contributed by atoms with Crippen molar-refractivity contribution in [1.82, 2.24) is 0 Å². The first kappa shape index (κ1) is 127. The zero-order valence-corrected chi connectivity index (χ0v) is 82.3. The number of nitrogens with zero attached hydrogens (tertiary/aromatic N) is 1. The Kier molecular flexibility index (Phi) is 60.4. The van der Waals surface area contributed by atoms with Crippen LogP contribution in [0.4, 0.5) is 0 Å². The van der Waals surface area contributed by atoms with E-state index in [9.17, 15) is 56.8 Å². The Morgan fingerprint density at radius 2 is 0.362 bits per heavy atom. The molecule has 1 unspecified atom stereocenters. The predicted molar refractivity (Wildman–Crippen MR) is 451 cm³/mol. The van der Waals surface area contributed by atoms with E-state index in [1.807, 2.05) is 0 Å². The summed E-state index contributed by atoms with van der Waals surface area (Å²) in [6.45, 7) is 1.43. The second kappa shape index (κ2) is 61.7. The molecule has 0 aliphatic heterocycles. The topological polar surface area (TPSA) is 582 Å². The van der Waals surface area contributed by atoms with Gasteiger partial charge in [0.15, 0.2) is 0 Å². The van der Waals surface area contributed by atoms with E-state index >= 15 is 0 Å². The van der Waals surface area contributed by atoms with E-state index < -0.39 is 54.5 Å². The van der Waals surface area contributed by atoms with Crippen molar-refractivity contribution < 1.29 is 233 Å². The molecule has 0 amide bonds. The largest absolute Gasteiger partial charge is 3.00 e. The fourth-order valence-corrected chi connectivity index (χ4v) is 18.7. The van der Waals surface area contributed by atoms with Gasteiger partial charge in [0.25, 0.3) is 5.76 Å². The van der Waals surface area contributed by atoms with Crippen LogP contribution in [0.1, 0.15) is 13.3 Å². The van der Waals surface area contributed by atoms with E-state index in [0.717, 1.165) is 0 Å². The number of hydrogen-bond donors (Lipinski definition) is 0. The number of nitriles is 1. The monoisotopic (exact) mass is 2090 g/mol. The van der Waals surface area contributed by atoms with Gasteiger partial charge in [0.1, 0.15) is 69.3 Å². The number of halogens is 1. The van der Waals surface area contributed by atoms with Crippen LogP contribution in [0.5, 0.6) is 63.2 Å². The zero-order valence-electron chi connectivity index (χ0n) is 71.4. The normalized spacial score (nSPS) is 11.2. The molecule has 1 aliphatic rings. The Labute approximate surface area is 799 Å². The third kappa shape index (κ3) is 38.7. The number of rotatable bonds is 24. The standard InChI is InChI=1S/6C14H15O4P.C2H3N.ClHO4.4Mn.4O/c6*1-17-11-3-7-13(8-4-11)19(15,16)14-9-5-12(18-2)6-10-14;1-2-3;2-1(3,4)5;;;;;;;;/h3-9H,10H2,1-2H3;5*3-10H,1-2H3,(H,15,16);1H3;(H,2,3,4,5);;;;;;;;/q;;;;;;;;;;2*+3;4*-2/p-6. The van der Waals surface area contributed by atoms with E-state index in [1.165, 1.54) is 199 Å². The summed E-state index contributed by atoms with van der Waals surface area (Å²) in [5, 5.41) is 10.6.